The van der Waals surface area contributed by atoms with Gasteiger partial charge in [0.1, 0.15) is 11.5 Å². The van der Waals surface area contributed by atoms with Crippen LogP contribution in [0.25, 0.3) is 0 Å². The summed E-state index contributed by atoms with van der Waals surface area (Å²) in [7, 11) is 3.30. The Morgan fingerprint density at radius 2 is 1.71 bits per heavy atom. The van der Waals surface area contributed by atoms with E-state index in [9.17, 15) is 0 Å². The second-order valence-corrected chi connectivity index (χ2v) is 5.86. The van der Waals surface area contributed by atoms with Crippen LogP contribution in [0, 0.1) is 0 Å². The molecule has 0 aliphatic carbocycles. The fourth-order valence-corrected chi connectivity index (χ4v) is 2.87. The maximum absolute atomic E-state index is 6.02. The number of anilines is 1. The molecule has 4 nitrogen and oxygen atoms in total. The zero-order valence-corrected chi connectivity index (χ0v) is 14.9. The van der Waals surface area contributed by atoms with Crippen LogP contribution in [0.5, 0.6) is 11.5 Å². The number of aryl methyl sites for hydroxylation is 1. The predicted molar refractivity (Wildman–Crippen MR) is 99.7 cm³/mol. The van der Waals surface area contributed by atoms with Gasteiger partial charge in [0, 0.05) is 12.6 Å². The van der Waals surface area contributed by atoms with Crippen LogP contribution in [0.3, 0.4) is 0 Å². The van der Waals surface area contributed by atoms with E-state index >= 15 is 0 Å². The van der Waals surface area contributed by atoms with Gasteiger partial charge in [0.2, 0.25) is 0 Å². The van der Waals surface area contributed by atoms with Gasteiger partial charge in [-0.1, -0.05) is 37.3 Å². The third-order valence-corrected chi connectivity index (χ3v) is 4.25. The molecule has 0 atom stereocenters. The van der Waals surface area contributed by atoms with Gasteiger partial charge >= 0.3 is 0 Å². The molecule has 0 aliphatic heterocycles. The number of hydrogen-bond acceptors (Lipinski definition) is 4. The van der Waals surface area contributed by atoms with Crippen molar-refractivity contribution in [2.45, 2.75) is 26.3 Å². The Morgan fingerprint density at radius 3 is 2.33 bits per heavy atom. The van der Waals surface area contributed by atoms with E-state index in [1.165, 1.54) is 5.56 Å². The van der Waals surface area contributed by atoms with Gasteiger partial charge in [-0.3, -0.25) is 4.90 Å². The molecule has 2 rings (SSSR count). The first-order valence-corrected chi connectivity index (χ1v) is 8.44. The van der Waals surface area contributed by atoms with Gasteiger partial charge in [0.05, 0.1) is 19.9 Å². The van der Waals surface area contributed by atoms with Crippen molar-refractivity contribution in [1.29, 1.82) is 0 Å². The Balaban J connectivity index is 1.94. The summed E-state index contributed by atoms with van der Waals surface area (Å²) in [5.74, 6) is 1.50. The highest BCUT2D eigenvalue weighted by molar-refractivity contribution is 5.59. The summed E-state index contributed by atoms with van der Waals surface area (Å²) in [4.78, 5) is 2.45. The van der Waals surface area contributed by atoms with Gasteiger partial charge in [-0.15, -0.1) is 0 Å². The lowest BCUT2D eigenvalue weighted by Crippen LogP contribution is -2.24. The molecule has 0 fully saturated rings. The van der Waals surface area contributed by atoms with Gasteiger partial charge in [-0.25, -0.2) is 0 Å². The van der Waals surface area contributed by atoms with E-state index in [1.54, 1.807) is 14.2 Å². The molecule has 2 aromatic rings. The Morgan fingerprint density at radius 1 is 1.00 bits per heavy atom. The first kappa shape index (κ1) is 18.1. The topological polar surface area (TPSA) is 47.7 Å². The number of nitrogens with zero attached hydrogens (tertiary/aromatic N) is 1. The largest absolute Gasteiger partial charge is 0.496 e. The molecule has 2 aromatic carbocycles. The smallest absolute Gasteiger partial charge is 0.145 e. The van der Waals surface area contributed by atoms with Crippen molar-refractivity contribution in [3.63, 3.8) is 0 Å². The molecule has 0 radical (unpaired) electrons. The molecular weight excluding hydrogens is 300 g/mol. The van der Waals surface area contributed by atoms with Crippen LogP contribution in [-0.4, -0.2) is 32.2 Å². The Kier molecular flexibility index (Phi) is 6.94. The van der Waals surface area contributed by atoms with Crippen LogP contribution in [-0.2, 0) is 13.0 Å². The van der Waals surface area contributed by atoms with Gasteiger partial charge in [-0.05, 0) is 43.1 Å². The quantitative estimate of drug-likeness (QED) is 0.712. The third kappa shape index (κ3) is 4.90. The van der Waals surface area contributed by atoms with Crippen molar-refractivity contribution in [3.8, 4) is 11.5 Å². The zero-order valence-electron chi connectivity index (χ0n) is 14.9. The van der Waals surface area contributed by atoms with Crippen molar-refractivity contribution in [1.82, 2.24) is 4.90 Å². The summed E-state index contributed by atoms with van der Waals surface area (Å²) in [5, 5.41) is 0. The summed E-state index contributed by atoms with van der Waals surface area (Å²) in [6.07, 6.45) is 1.99. The van der Waals surface area contributed by atoms with Crippen LogP contribution >= 0.6 is 0 Å². The van der Waals surface area contributed by atoms with Crippen LogP contribution in [0.2, 0.25) is 0 Å². The molecular formula is C20H28N2O2. The first-order valence-electron chi connectivity index (χ1n) is 8.44. The molecule has 0 spiro atoms. The highest BCUT2D eigenvalue weighted by Crippen LogP contribution is 2.31. The highest BCUT2D eigenvalue weighted by Gasteiger charge is 2.10. The van der Waals surface area contributed by atoms with E-state index in [4.69, 9.17) is 15.2 Å². The van der Waals surface area contributed by atoms with E-state index in [-0.39, 0.29) is 0 Å². The fourth-order valence-electron chi connectivity index (χ4n) is 2.87. The van der Waals surface area contributed by atoms with E-state index < -0.39 is 0 Å². The number of nitrogens with two attached hydrogens (primary N) is 1. The second kappa shape index (κ2) is 9.18. The summed E-state index contributed by atoms with van der Waals surface area (Å²) in [6.45, 7) is 5.27. The molecule has 0 amide bonds. The summed E-state index contributed by atoms with van der Waals surface area (Å²) in [5.41, 5.74) is 9.17. The van der Waals surface area contributed by atoms with Crippen LogP contribution < -0.4 is 15.2 Å². The van der Waals surface area contributed by atoms with Gasteiger partial charge in [-0.2, -0.15) is 0 Å². The van der Waals surface area contributed by atoms with E-state index in [1.807, 2.05) is 12.1 Å². The van der Waals surface area contributed by atoms with Gasteiger partial charge in [0.25, 0.3) is 0 Å². The molecule has 0 unspecified atom stereocenters. The lowest BCUT2D eigenvalue weighted by atomic mass is 10.1. The molecule has 0 saturated carbocycles. The second-order valence-electron chi connectivity index (χ2n) is 5.86. The average Bonchev–Trinajstić information content (AvgIpc) is 2.62. The van der Waals surface area contributed by atoms with Crippen molar-refractivity contribution < 1.29 is 9.47 Å². The SMILES string of the molecule is CCN(CCCc1cc(N)c(OC)cc1OC)Cc1ccccc1. The van der Waals surface area contributed by atoms with E-state index in [0.717, 1.165) is 43.8 Å². The minimum atomic E-state index is 0.657. The molecule has 0 bridgehead atoms. The number of methoxy groups -OCH3 is 2. The molecule has 2 N–H and O–H groups in total. The maximum Gasteiger partial charge on any atom is 0.145 e. The Bertz CT molecular complexity index is 629. The first-order chi connectivity index (χ1) is 11.7. The summed E-state index contributed by atoms with van der Waals surface area (Å²) < 4.78 is 10.7. The van der Waals surface area contributed by atoms with Gasteiger partial charge < -0.3 is 15.2 Å². The van der Waals surface area contributed by atoms with Crippen LogP contribution in [0.15, 0.2) is 42.5 Å². The molecule has 24 heavy (non-hydrogen) atoms. The predicted octanol–water partition coefficient (Wildman–Crippen LogP) is 3.74. The van der Waals surface area contributed by atoms with Crippen LogP contribution in [0.4, 0.5) is 5.69 Å². The minimum absolute atomic E-state index is 0.657. The average molecular weight is 328 g/mol. The number of hydrogen-bond donors (Lipinski definition) is 1. The number of ether oxygens (including phenoxy) is 2. The Labute approximate surface area is 145 Å². The lowest BCUT2D eigenvalue weighted by molar-refractivity contribution is 0.276. The van der Waals surface area contributed by atoms with E-state index in [2.05, 4.69) is 42.2 Å². The molecule has 0 saturated heterocycles. The molecule has 0 heterocycles. The summed E-state index contributed by atoms with van der Waals surface area (Å²) >= 11 is 0. The van der Waals surface area contributed by atoms with Crippen molar-refractivity contribution >= 4 is 5.69 Å². The highest BCUT2D eigenvalue weighted by atomic mass is 16.5. The number of nitrogen functional groups attached to an aromatic ring is 1. The van der Waals surface area contributed by atoms with Crippen molar-refractivity contribution in [2.24, 2.45) is 0 Å². The number of rotatable bonds is 9. The Hall–Kier alpha value is -2.20. The maximum atomic E-state index is 6.02. The molecule has 4 heteroatoms. The number of benzene rings is 2. The standard InChI is InChI=1S/C20H28N2O2/c1-4-22(15-16-9-6-5-7-10-16)12-8-11-17-13-18(21)20(24-3)14-19(17)23-2/h5-7,9-10,13-14H,4,8,11-12,15,21H2,1-3H3. The van der Waals surface area contributed by atoms with E-state index in [0.29, 0.717) is 11.4 Å². The molecule has 130 valence electrons. The van der Waals surface area contributed by atoms with Gasteiger partial charge in [0.15, 0.2) is 0 Å². The molecule has 0 aromatic heterocycles. The normalized spacial score (nSPS) is 10.8. The fraction of sp³-hybridized carbons (Fsp3) is 0.400. The zero-order chi connectivity index (χ0) is 17.4. The lowest BCUT2D eigenvalue weighted by Gasteiger charge is -2.21. The van der Waals surface area contributed by atoms with Crippen LogP contribution in [0.1, 0.15) is 24.5 Å². The van der Waals surface area contributed by atoms with Crippen molar-refractivity contribution in [2.75, 3.05) is 33.0 Å². The van der Waals surface area contributed by atoms with Crippen molar-refractivity contribution in [3.05, 3.63) is 53.6 Å². The minimum Gasteiger partial charge on any atom is -0.496 e. The third-order valence-electron chi connectivity index (χ3n) is 4.25. The molecule has 0 aliphatic rings. The monoisotopic (exact) mass is 328 g/mol. The summed E-state index contributed by atoms with van der Waals surface area (Å²) in [6, 6.07) is 14.4.